The average molecular weight is 289 g/mol. The lowest BCUT2D eigenvalue weighted by atomic mass is 10.2. The first-order valence-electron chi connectivity index (χ1n) is 6.64. The van der Waals surface area contributed by atoms with Gasteiger partial charge in [0.15, 0.2) is 0 Å². The van der Waals surface area contributed by atoms with Gasteiger partial charge in [0.25, 0.3) is 0 Å². The summed E-state index contributed by atoms with van der Waals surface area (Å²) in [5.74, 6) is 1.32. The molecule has 0 fully saturated rings. The van der Waals surface area contributed by atoms with Crippen molar-refractivity contribution >= 4 is 33.5 Å². The van der Waals surface area contributed by atoms with Crippen LogP contribution in [0.1, 0.15) is 5.82 Å². The van der Waals surface area contributed by atoms with E-state index in [1.54, 1.807) is 0 Å². The topological polar surface area (TPSA) is 34.0 Å². The van der Waals surface area contributed by atoms with Crippen molar-refractivity contribution in [3.8, 4) is 0 Å². The predicted molar refractivity (Wildman–Crippen MR) is 83.1 cm³/mol. The zero-order chi connectivity index (χ0) is 14.1. The summed E-state index contributed by atoms with van der Waals surface area (Å²) in [6.45, 7) is 1.82. The third-order valence-corrected chi connectivity index (χ3v) is 3.69. The molecular weight excluding hydrogens is 272 g/mol. The van der Waals surface area contributed by atoms with Crippen LogP contribution in [0.2, 0.25) is 0 Å². The fraction of sp³-hybridized carbons (Fsp3) is 0.333. The number of halogens is 1. The van der Waals surface area contributed by atoms with Crippen molar-refractivity contribution in [3.63, 3.8) is 0 Å². The number of benzene rings is 1. The van der Waals surface area contributed by atoms with E-state index < -0.39 is 0 Å². The Morgan fingerprint density at radius 3 is 2.75 bits per heavy atom. The maximum Gasteiger partial charge on any atom is 0.124 e. The lowest BCUT2D eigenvalue weighted by Crippen LogP contribution is -2.19. The van der Waals surface area contributed by atoms with Gasteiger partial charge in [-0.05, 0) is 20.2 Å². The average Bonchev–Trinajstić information content (AvgIpc) is 2.83. The molecule has 0 aliphatic heterocycles. The van der Waals surface area contributed by atoms with E-state index >= 15 is 0 Å². The molecular formula is C15H17ClN4. The maximum atomic E-state index is 6.05. The van der Waals surface area contributed by atoms with Gasteiger partial charge in [0.1, 0.15) is 11.3 Å². The highest BCUT2D eigenvalue weighted by Crippen LogP contribution is 2.25. The number of rotatable bonds is 4. The molecule has 5 heteroatoms. The van der Waals surface area contributed by atoms with E-state index in [1.165, 1.54) is 0 Å². The van der Waals surface area contributed by atoms with E-state index in [4.69, 9.17) is 11.6 Å². The van der Waals surface area contributed by atoms with E-state index in [0.717, 1.165) is 40.9 Å². The predicted octanol–water partition coefficient (Wildman–Crippen LogP) is 2.88. The SMILES string of the molecule is CN(C)CCn1c(CCl)nc2cnc3ccccc3c21. The molecule has 4 nitrogen and oxygen atoms in total. The van der Waals surface area contributed by atoms with Gasteiger partial charge in [-0.15, -0.1) is 11.6 Å². The summed E-state index contributed by atoms with van der Waals surface area (Å²) in [7, 11) is 4.14. The van der Waals surface area contributed by atoms with E-state index in [1.807, 2.05) is 24.4 Å². The van der Waals surface area contributed by atoms with Gasteiger partial charge in [-0.25, -0.2) is 4.98 Å². The smallest absolute Gasteiger partial charge is 0.124 e. The zero-order valence-electron chi connectivity index (χ0n) is 11.7. The number of aromatic nitrogens is 3. The first-order chi connectivity index (χ1) is 9.70. The monoisotopic (exact) mass is 288 g/mol. The van der Waals surface area contributed by atoms with Gasteiger partial charge in [0, 0.05) is 18.5 Å². The van der Waals surface area contributed by atoms with E-state index in [-0.39, 0.29) is 0 Å². The molecule has 2 aromatic heterocycles. The minimum atomic E-state index is 0.413. The zero-order valence-corrected chi connectivity index (χ0v) is 12.4. The van der Waals surface area contributed by atoms with Crippen molar-refractivity contribution in [3.05, 3.63) is 36.3 Å². The largest absolute Gasteiger partial charge is 0.325 e. The highest BCUT2D eigenvalue weighted by Gasteiger charge is 2.13. The molecule has 104 valence electrons. The molecule has 0 saturated carbocycles. The minimum absolute atomic E-state index is 0.413. The lowest BCUT2D eigenvalue weighted by molar-refractivity contribution is 0.384. The third-order valence-electron chi connectivity index (χ3n) is 3.45. The van der Waals surface area contributed by atoms with Gasteiger partial charge in [-0.2, -0.15) is 0 Å². The van der Waals surface area contributed by atoms with Crippen LogP contribution in [0.15, 0.2) is 30.5 Å². The molecule has 0 aliphatic rings. The van der Waals surface area contributed by atoms with Crippen molar-refractivity contribution in [1.29, 1.82) is 0 Å². The van der Waals surface area contributed by atoms with Gasteiger partial charge in [-0.3, -0.25) is 4.98 Å². The van der Waals surface area contributed by atoms with Gasteiger partial charge < -0.3 is 9.47 Å². The van der Waals surface area contributed by atoms with Crippen LogP contribution in [-0.4, -0.2) is 40.1 Å². The summed E-state index contributed by atoms with van der Waals surface area (Å²) in [6.07, 6.45) is 1.83. The second-order valence-electron chi connectivity index (χ2n) is 5.13. The van der Waals surface area contributed by atoms with Crippen LogP contribution in [0.5, 0.6) is 0 Å². The molecule has 0 radical (unpaired) electrons. The van der Waals surface area contributed by atoms with E-state index in [2.05, 4.69) is 39.6 Å². The van der Waals surface area contributed by atoms with Gasteiger partial charge in [0.05, 0.1) is 23.1 Å². The molecule has 0 bridgehead atoms. The molecule has 0 amide bonds. The second-order valence-corrected chi connectivity index (χ2v) is 5.39. The highest BCUT2D eigenvalue weighted by molar-refractivity contribution is 6.17. The molecule has 3 rings (SSSR count). The second kappa shape index (κ2) is 5.38. The first-order valence-corrected chi connectivity index (χ1v) is 7.17. The Morgan fingerprint density at radius 1 is 1.20 bits per heavy atom. The van der Waals surface area contributed by atoms with Crippen molar-refractivity contribution in [2.45, 2.75) is 12.4 Å². The quantitative estimate of drug-likeness (QED) is 0.692. The van der Waals surface area contributed by atoms with Crippen molar-refractivity contribution < 1.29 is 0 Å². The number of fused-ring (bicyclic) bond motifs is 3. The summed E-state index contributed by atoms with van der Waals surface area (Å²) in [5.41, 5.74) is 3.04. The van der Waals surface area contributed by atoms with Crippen LogP contribution < -0.4 is 0 Å². The fourth-order valence-corrected chi connectivity index (χ4v) is 2.66. The fourth-order valence-electron chi connectivity index (χ4n) is 2.45. The lowest BCUT2D eigenvalue weighted by Gasteiger charge is -2.13. The minimum Gasteiger partial charge on any atom is -0.325 e. The number of hydrogen-bond acceptors (Lipinski definition) is 3. The van der Waals surface area contributed by atoms with E-state index in [9.17, 15) is 0 Å². The van der Waals surface area contributed by atoms with Crippen LogP contribution in [0.4, 0.5) is 0 Å². The molecule has 1 aromatic carbocycles. The van der Waals surface area contributed by atoms with Crippen molar-refractivity contribution in [2.75, 3.05) is 20.6 Å². The number of hydrogen-bond donors (Lipinski definition) is 0. The Morgan fingerprint density at radius 2 is 2.00 bits per heavy atom. The number of alkyl halides is 1. The van der Waals surface area contributed by atoms with Crippen LogP contribution in [-0.2, 0) is 12.4 Å². The third kappa shape index (κ3) is 2.25. The van der Waals surface area contributed by atoms with Crippen LogP contribution >= 0.6 is 11.6 Å². The molecule has 0 atom stereocenters. The number of para-hydroxylation sites is 1. The van der Waals surface area contributed by atoms with Crippen LogP contribution in [0.25, 0.3) is 21.9 Å². The van der Waals surface area contributed by atoms with Gasteiger partial charge in [-0.1, -0.05) is 18.2 Å². The molecule has 2 heterocycles. The van der Waals surface area contributed by atoms with Crippen molar-refractivity contribution in [1.82, 2.24) is 19.4 Å². The molecule has 20 heavy (non-hydrogen) atoms. The Labute approximate surface area is 123 Å². The highest BCUT2D eigenvalue weighted by atomic mass is 35.5. The van der Waals surface area contributed by atoms with Gasteiger partial charge in [0.2, 0.25) is 0 Å². The number of pyridine rings is 1. The normalized spacial score (nSPS) is 11.8. The summed E-state index contributed by atoms with van der Waals surface area (Å²) < 4.78 is 2.21. The number of likely N-dealkylation sites (N-methyl/N-ethyl adjacent to an activating group) is 1. The summed E-state index contributed by atoms with van der Waals surface area (Å²) in [4.78, 5) is 11.2. The molecule has 0 saturated heterocycles. The van der Waals surface area contributed by atoms with Crippen LogP contribution in [0, 0.1) is 0 Å². The van der Waals surface area contributed by atoms with E-state index in [0.29, 0.717) is 5.88 Å². The first kappa shape index (κ1) is 13.3. The summed E-state index contributed by atoms with van der Waals surface area (Å²) in [6, 6.07) is 8.16. The van der Waals surface area contributed by atoms with Gasteiger partial charge >= 0.3 is 0 Å². The summed E-state index contributed by atoms with van der Waals surface area (Å²) >= 11 is 6.05. The molecule has 3 aromatic rings. The Balaban J connectivity index is 2.25. The Kier molecular flexibility index (Phi) is 3.59. The molecule has 0 aliphatic carbocycles. The molecule has 0 spiro atoms. The molecule has 0 unspecified atom stereocenters. The standard InChI is InChI=1S/C15H17ClN4/c1-19(2)7-8-20-14(9-16)18-13-10-17-12-6-4-3-5-11(12)15(13)20/h3-6,10H,7-9H2,1-2H3. The summed E-state index contributed by atoms with van der Waals surface area (Å²) in [5, 5.41) is 1.13. The Bertz CT molecular complexity index is 748. The van der Waals surface area contributed by atoms with Crippen molar-refractivity contribution in [2.24, 2.45) is 0 Å². The Hall–Kier alpha value is -1.65. The maximum absolute atomic E-state index is 6.05. The molecule has 0 N–H and O–H groups in total. The number of nitrogens with zero attached hydrogens (tertiary/aromatic N) is 4. The van der Waals surface area contributed by atoms with Crippen LogP contribution in [0.3, 0.4) is 0 Å². The number of imidazole rings is 1.